The van der Waals surface area contributed by atoms with Crippen LogP contribution in [0.4, 0.5) is 0 Å². The van der Waals surface area contributed by atoms with E-state index in [4.69, 9.17) is 0 Å². The lowest BCUT2D eigenvalue weighted by Crippen LogP contribution is -2.45. The molecule has 0 unspecified atom stereocenters. The first-order valence-corrected chi connectivity index (χ1v) is 7.39. The van der Waals surface area contributed by atoms with Gasteiger partial charge in [-0.05, 0) is 12.0 Å². The Bertz CT molecular complexity index is 914. The number of pyridine rings is 1. The lowest BCUT2D eigenvalue weighted by molar-refractivity contribution is -0.140. The summed E-state index contributed by atoms with van der Waals surface area (Å²) in [5.41, 5.74) is -1.09. The number of aryl methyl sites for hydroxylation is 1. The predicted molar refractivity (Wildman–Crippen MR) is 85.9 cm³/mol. The van der Waals surface area contributed by atoms with Crippen molar-refractivity contribution >= 4 is 22.9 Å². The molecule has 9 heteroatoms. The molecule has 0 aliphatic carbocycles. The summed E-state index contributed by atoms with van der Waals surface area (Å²) in [5.74, 6) is -2.04. The Morgan fingerprint density at radius 2 is 2.08 bits per heavy atom. The SMILES string of the molecule is CC[C@H](C)[C@H](NC(=O)c1cnc2c(c1)c(=O)[nH]c(=O)n2C)C(=O)O. The van der Waals surface area contributed by atoms with Crippen LogP contribution in [-0.4, -0.2) is 37.6 Å². The largest absolute Gasteiger partial charge is 0.480 e. The van der Waals surface area contributed by atoms with Gasteiger partial charge in [-0.2, -0.15) is 0 Å². The van der Waals surface area contributed by atoms with Crippen molar-refractivity contribution in [3.05, 3.63) is 38.7 Å². The zero-order chi connectivity index (χ0) is 18.0. The van der Waals surface area contributed by atoms with Crippen molar-refractivity contribution in [2.45, 2.75) is 26.3 Å². The Labute approximate surface area is 136 Å². The lowest BCUT2D eigenvalue weighted by atomic mass is 9.99. The maximum absolute atomic E-state index is 12.3. The molecule has 2 rings (SSSR count). The highest BCUT2D eigenvalue weighted by Crippen LogP contribution is 2.11. The van der Waals surface area contributed by atoms with Crippen LogP contribution in [0.15, 0.2) is 21.9 Å². The number of aromatic amines is 1. The van der Waals surface area contributed by atoms with E-state index < -0.39 is 29.2 Å². The molecule has 0 radical (unpaired) electrons. The third kappa shape index (κ3) is 3.19. The molecule has 0 aliphatic rings. The van der Waals surface area contributed by atoms with Crippen molar-refractivity contribution in [2.75, 3.05) is 0 Å². The molecule has 0 saturated heterocycles. The number of carbonyl (C=O) groups is 2. The molecule has 1 amide bonds. The van der Waals surface area contributed by atoms with E-state index in [-0.39, 0.29) is 22.5 Å². The number of hydrogen-bond acceptors (Lipinski definition) is 5. The van der Waals surface area contributed by atoms with Crippen molar-refractivity contribution in [3.8, 4) is 0 Å². The number of amides is 1. The number of nitrogens with one attached hydrogen (secondary N) is 2. The molecular formula is C15H18N4O5. The summed E-state index contributed by atoms with van der Waals surface area (Å²) in [6, 6.07) is 0.238. The second kappa shape index (κ2) is 6.65. The van der Waals surface area contributed by atoms with Gasteiger partial charge in [-0.15, -0.1) is 0 Å². The number of aromatic nitrogens is 3. The highest BCUT2D eigenvalue weighted by molar-refractivity contribution is 5.98. The minimum absolute atomic E-state index is 0.0428. The molecule has 2 aromatic rings. The van der Waals surface area contributed by atoms with Gasteiger partial charge in [-0.3, -0.25) is 19.1 Å². The normalized spacial score (nSPS) is 13.5. The number of nitrogens with zero attached hydrogens (tertiary/aromatic N) is 2. The van der Waals surface area contributed by atoms with E-state index >= 15 is 0 Å². The van der Waals surface area contributed by atoms with Crippen LogP contribution in [0, 0.1) is 5.92 Å². The van der Waals surface area contributed by atoms with Crippen LogP contribution in [0.1, 0.15) is 30.6 Å². The van der Waals surface area contributed by atoms with E-state index in [0.29, 0.717) is 6.42 Å². The van der Waals surface area contributed by atoms with Gasteiger partial charge < -0.3 is 10.4 Å². The Kier molecular flexibility index (Phi) is 4.82. The molecule has 9 nitrogen and oxygen atoms in total. The number of carboxylic acids is 1. The van der Waals surface area contributed by atoms with Crippen molar-refractivity contribution in [3.63, 3.8) is 0 Å². The van der Waals surface area contributed by atoms with Crippen LogP contribution in [0.25, 0.3) is 11.0 Å². The van der Waals surface area contributed by atoms with Gasteiger partial charge in [0.1, 0.15) is 11.7 Å². The number of carboxylic acid groups (broad SMARTS) is 1. The molecule has 0 aliphatic heterocycles. The van der Waals surface area contributed by atoms with Crippen LogP contribution < -0.4 is 16.6 Å². The second-order valence-electron chi connectivity index (χ2n) is 5.59. The molecule has 2 atom stereocenters. The second-order valence-corrected chi connectivity index (χ2v) is 5.59. The van der Waals surface area contributed by atoms with Gasteiger partial charge in [0.05, 0.1) is 10.9 Å². The molecule has 0 aromatic carbocycles. The zero-order valence-electron chi connectivity index (χ0n) is 13.5. The van der Waals surface area contributed by atoms with Gasteiger partial charge >= 0.3 is 11.7 Å². The minimum Gasteiger partial charge on any atom is -0.480 e. The summed E-state index contributed by atoms with van der Waals surface area (Å²) in [7, 11) is 1.44. The molecule has 2 aromatic heterocycles. The van der Waals surface area contributed by atoms with E-state index in [1.807, 2.05) is 6.92 Å². The molecule has 0 spiro atoms. The molecule has 0 fully saturated rings. The van der Waals surface area contributed by atoms with Gasteiger partial charge in [0.25, 0.3) is 11.5 Å². The Morgan fingerprint density at radius 3 is 2.67 bits per heavy atom. The molecule has 128 valence electrons. The summed E-state index contributed by atoms with van der Waals surface area (Å²) in [6.45, 7) is 3.54. The average molecular weight is 334 g/mol. The van der Waals surface area contributed by atoms with E-state index in [0.717, 1.165) is 4.57 Å². The molecule has 2 heterocycles. The fraction of sp³-hybridized carbons (Fsp3) is 0.400. The van der Waals surface area contributed by atoms with Crippen LogP contribution in [0.3, 0.4) is 0 Å². The van der Waals surface area contributed by atoms with Gasteiger partial charge in [-0.25, -0.2) is 14.6 Å². The summed E-state index contributed by atoms with van der Waals surface area (Å²) in [4.78, 5) is 53.1. The first-order valence-electron chi connectivity index (χ1n) is 7.39. The van der Waals surface area contributed by atoms with Gasteiger partial charge in [0.2, 0.25) is 0 Å². The monoisotopic (exact) mass is 334 g/mol. The summed E-state index contributed by atoms with van der Waals surface area (Å²) >= 11 is 0. The topological polar surface area (TPSA) is 134 Å². The minimum atomic E-state index is -1.13. The van der Waals surface area contributed by atoms with Crippen molar-refractivity contribution < 1.29 is 14.7 Å². The smallest absolute Gasteiger partial charge is 0.329 e. The third-order valence-electron chi connectivity index (χ3n) is 3.98. The molecule has 24 heavy (non-hydrogen) atoms. The van der Waals surface area contributed by atoms with Crippen LogP contribution in [-0.2, 0) is 11.8 Å². The fourth-order valence-electron chi connectivity index (χ4n) is 2.27. The summed E-state index contributed by atoms with van der Waals surface area (Å²) in [5, 5.41) is 11.7. The first kappa shape index (κ1) is 17.4. The third-order valence-corrected chi connectivity index (χ3v) is 3.98. The first-order chi connectivity index (χ1) is 11.3. The zero-order valence-corrected chi connectivity index (χ0v) is 13.5. The van der Waals surface area contributed by atoms with Gasteiger partial charge in [0, 0.05) is 13.2 Å². The molecule has 0 saturated carbocycles. The Morgan fingerprint density at radius 1 is 1.42 bits per heavy atom. The number of H-pyrrole nitrogens is 1. The lowest BCUT2D eigenvalue weighted by Gasteiger charge is -2.20. The number of rotatable bonds is 5. The highest BCUT2D eigenvalue weighted by Gasteiger charge is 2.26. The van der Waals surface area contributed by atoms with Crippen molar-refractivity contribution in [1.29, 1.82) is 0 Å². The van der Waals surface area contributed by atoms with Gasteiger partial charge in [-0.1, -0.05) is 20.3 Å². The van der Waals surface area contributed by atoms with E-state index in [2.05, 4.69) is 15.3 Å². The molecule has 0 bridgehead atoms. The van der Waals surface area contributed by atoms with Crippen LogP contribution >= 0.6 is 0 Å². The van der Waals surface area contributed by atoms with E-state index in [1.165, 1.54) is 19.3 Å². The highest BCUT2D eigenvalue weighted by atomic mass is 16.4. The maximum Gasteiger partial charge on any atom is 0.329 e. The van der Waals surface area contributed by atoms with E-state index in [1.54, 1.807) is 6.92 Å². The average Bonchev–Trinajstić information content (AvgIpc) is 2.56. The molecule has 3 N–H and O–H groups in total. The van der Waals surface area contributed by atoms with Crippen LogP contribution in [0.2, 0.25) is 0 Å². The number of carbonyl (C=O) groups excluding carboxylic acids is 1. The predicted octanol–water partition coefficient (Wildman–Crippen LogP) is -0.149. The number of aliphatic carboxylic acids is 1. The number of hydrogen-bond donors (Lipinski definition) is 3. The fourth-order valence-corrected chi connectivity index (χ4v) is 2.27. The van der Waals surface area contributed by atoms with Crippen LogP contribution in [0.5, 0.6) is 0 Å². The summed E-state index contributed by atoms with van der Waals surface area (Å²) < 4.78 is 1.15. The number of fused-ring (bicyclic) bond motifs is 1. The van der Waals surface area contributed by atoms with Crippen molar-refractivity contribution in [2.24, 2.45) is 13.0 Å². The molecular weight excluding hydrogens is 316 g/mol. The van der Waals surface area contributed by atoms with Crippen molar-refractivity contribution in [1.82, 2.24) is 19.9 Å². The Hall–Kier alpha value is -2.97. The quantitative estimate of drug-likeness (QED) is 0.696. The van der Waals surface area contributed by atoms with E-state index in [9.17, 15) is 24.3 Å². The Balaban J connectivity index is 2.42. The maximum atomic E-state index is 12.3. The standard InChI is InChI=1S/C15H18N4O5/c1-4-7(2)10(14(22)23)17-12(20)8-5-9-11(16-6-8)19(3)15(24)18-13(9)21/h5-7,10H,4H2,1-3H3,(H,17,20)(H,22,23)(H,18,21,24)/t7-,10-/m0/s1. The summed E-state index contributed by atoms with van der Waals surface area (Å²) in [6.07, 6.45) is 1.78. The van der Waals surface area contributed by atoms with Gasteiger partial charge in [0.15, 0.2) is 0 Å².